The number of unbranched alkanes of at least 4 members (excludes halogenated alkanes) is 1. The molecule has 0 atom stereocenters. The van der Waals surface area contributed by atoms with Gasteiger partial charge in [-0.15, -0.1) is 0 Å². The van der Waals surface area contributed by atoms with Crippen molar-refractivity contribution in [2.45, 2.75) is 78.7 Å². The number of aryl methyl sites for hydroxylation is 6. The standard InChI is InChI=1S/C58H55N13O10/c1-5-70-46(24-31(3)66-70)53(77)64-56-62-42-27-33(50(59)74)11-18-44(42)68(56)22-7-8-23-69-45-19-12-35(28-43(45)63-57(69)65-54(78)47-25-32(4)67-71(47)6-2)52(76)61-21-9-20-60-51(75)34-10-15-39-38(26-34)55(79)81-58(39)40-16-13-36(72)29-48(40)80-49-30-37(73)14-17-41(49)58/h10-19,24-30,72-73H,5-9,20-23H2,1-4H3,(H2,59,74)(H,60,75)(H,61,76)(H,62,64,77)(H,63,65,78). The molecule has 0 saturated carbocycles. The van der Waals surface area contributed by atoms with Crippen LogP contribution in [0.3, 0.4) is 0 Å². The number of rotatable bonds is 18. The smallest absolute Gasteiger partial charge is 0.340 e. The lowest BCUT2D eigenvalue weighted by Gasteiger charge is -2.36. The number of ether oxygens (including phenoxy) is 2. The van der Waals surface area contributed by atoms with Crippen LogP contribution in [0.2, 0.25) is 0 Å². The van der Waals surface area contributed by atoms with Crippen LogP contribution < -0.4 is 31.7 Å². The zero-order valence-corrected chi connectivity index (χ0v) is 44.5. The van der Waals surface area contributed by atoms with Crippen molar-refractivity contribution in [1.29, 1.82) is 0 Å². The Morgan fingerprint density at radius 1 is 0.580 bits per heavy atom. The number of carbonyl (C=O) groups excluding carboxylic acids is 6. The van der Waals surface area contributed by atoms with E-state index in [0.717, 1.165) is 0 Å². The Bertz CT molecular complexity index is 4020. The van der Waals surface area contributed by atoms with Crippen LogP contribution >= 0.6 is 0 Å². The number of primary amides is 1. The summed E-state index contributed by atoms with van der Waals surface area (Å²) in [6.45, 7) is 9.53. The number of benzene rings is 5. The lowest BCUT2D eigenvalue weighted by atomic mass is 9.77. The number of nitrogens with zero attached hydrogens (tertiary/aromatic N) is 8. The first kappa shape index (κ1) is 52.7. The van der Waals surface area contributed by atoms with Crippen LogP contribution in [0.5, 0.6) is 23.0 Å². The second-order valence-electron chi connectivity index (χ2n) is 19.7. The molecular weight excluding hydrogens is 1040 g/mol. The maximum atomic E-state index is 13.8. The molecule has 9 aromatic rings. The molecule has 81 heavy (non-hydrogen) atoms. The summed E-state index contributed by atoms with van der Waals surface area (Å²) in [6.07, 6.45) is 1.49. The van der Waals surface area contributed by atoms with Crippen molar-refractivity contribution < 1.29 is 48.5 Å². The predicted octanol–water partition coefficient (Wildman–Crippen LogP) is 7.05. The average molecular weight is 1090 g/mol. The molecule has 5 aromatic carbocycles. The summed E-state index contributed by atoms with van der Waals surface area (Å²) in [6, 6.07) is 27.1. The van der Waals surface area contributed by atoms with Crippen molar-refractivity contribution in [3.05, 3.63) is 165 Å². The van der Waals surface area contributed by atoms with Gasteiger partial charge in [0.05, 0.1) is 39.0 Å². The molecule has 412 valence electrons. The third-order valence-corrected chi connectivity index (χ3v) is 14.3. The molecule has 0 aliphatic carbocycles. The third-order valence-electron chi connectivity index (χ3n) is 14.3. The second kappa shape index (κ2) is 21.1. The number of phenolic OH excluding ortho intramolecular Hbond substituents is 2. The number of imidazole rings is 2. The quantitative estimate of drug-likeness (QED) is 0.0335. The van der Waals surface area contributed by atoms with Gasteiger partial charge in [0, 0.05) is 84.8 Å². The second-order valence-corrected chi connectivity index (χ2v) is 19.7. The minimum Gasteiger partial charge on any atom is -0.508 e. The molecule has 0 radical (unpaired) electrons. The van der Waals surface area contributed by atoms with Crippen molar-refractivity contribution in [2.24, 2.45) is 5.73 Å². The van der Waals surface area contributed by atoms with E-state index >= 15 is 0 Å². The van der Waals surface area contributed by atoms with Gasteiger partial charge < -0.3 is 45.2 Å². The van der Waals surface area contributed by atoms with Crippen LogP contribution in [-0.2, 0) is 36.5 Å². The molecule has 2 aliphatic heterocycles. The molecule has 1 spiro atoms. The first-order chi connectivity index (χ1) is 39.0. The van der Waals surface area contributed by atoms with Crippen LogP contribution in [0.4, 0.5) is 11.9 Å². The molecular formula is C58H55N13O10. The molecule has 0 saturated heterocycles. The van der Waals surface area contributed by atoms with Gasteiger partial charge in [0.2, 0.25) is 17.8 Å². The highest BCUT2D eigenvalue weighted by molar-refractivity contribution is 6.05. The summed E-state index contributed by atoms with van der Waals surface area (Å²) < 4.78 is 19.1. The van der Waals surface area contributed by atoms with Gasteiger partial charge in [-0.05, 0) is 132 Å². The summed E-state index contributed by atoms with van der Waals surface area (Å²) in [5.74, 6) is -2.06. The molecule has 0 bridgehead atoms. The van der Waals surface area contributed by atoms with Gasteiger partial charge in [-0.2, -0.15) is 10.2 Å². The van der Waals surface area contributed by atoms with Crippen molar-refractivity contribution >= 4 is 69.5 Å². The van der Waals surface area contributed by atoms with E-state index in [-0.39, 0.29) is 70.6 Å². The molecule has 23 heteroatoms. The number of hydrogen-bond donors (Lipinski definition) is 7. The van der Waals surface area contributed by atoms with Gasteiger partial charge in [-0.3, -0.25) is 44.0 Å². The SMILES string of the molecule is CCn1nc(C)cc1C(=O)Nc1nc2cc(C(N)=O)ccc2n1CCCCn1c(NC(=O)c2cc(C)nn2CC)nc2cc(C(=O)NCCCNC(=O)c3ccc4c(c3)C(=O)OC43c4ccc(O)cc4Oc4cc(O)ccc43)ccc21. The van der Waals surface area contributed by atoms with E-state index in [1.165, 1.54) is 30.3 Å². The van der Waals surface area contributed by atoms with Crippen molar-refractivity contribution in [1.82, 2.24) is 49.3 Å². The van der Waals surface area contributed by atoms with Crippen LogP contribution in [-0.4, -0.2) is 97.5 Å². The molecule has 5 amide bonds. The van der Waals surface area contributed by atoms with Gasteiger partial charge in [-0.25, -0.2) is 14.8 Å². The van der Waals surface area contributed by atoms with E-state index in [4.69, 9.17) is 25.2 Å². The lowest BCUT2D eigenvalue weighted by Crippen LogP contribution is -2.33. The first-order valence-electron chi connectivity index (χ1n) is 26.3. The van der Waals surface area contributed by atoms with E-state index in [0.29, 0.717) is 113 Å². The number of carbonyl (C=O) groups is 6. The van der Waals surface area contributed by atoms with Crippen LogP contribution in [0, 0.1) is 13.8 Å². The molecule has 6 heterocycles. The van der Waals surface area contributed by atoms with Crippen molar-refractivity contribution in [2.75, 3.05) is 23.7 Å². The zero-order chi connectivity index (χ0) is 56.9. The van der Waals surface area contributed by atoms with Gasteiger partial charge in [-0.1, -0.05) is 6.07 Å². The van der Waals surface area contributed by atoms with E-state index in [1.54, 1.807) is 89.1 Å². The third kappa shape index (κ3) is 9.78. The van der Waals surface area contributed by atoms with E-state index < -0.39 is 35.2 Å². The Morgan fingerprint density at radius 2 is 1.05 bits per heavy atom. The fourth-order valence-corrected chi connectivity index (χ4v) is 10.6. The van der Waals surface area contributed by atoms with E-state index in [1.807, 2.05) is 29.9 Å². The summed E-state index contributed by atoms with van der Waals surface area (Å²) >= 11 is 0. The van der Waals surface area contributed by atoms with E-state index in [2.05, 4.69) is 31.5 Å². The Balaban J connectivity index is 0.762. The first-order valence-corrected chi connectivity index (χ1v) is 26.3. The van der Waals surface area contributed by atoms with Crippen LogP contribution in [0.15, 0.2) is 103 Å². The minimum atomic E-state index is -1.47. The number of nitrogens with two attached hydrogens (primary N) is 1. The maximum Gasteiger partial charge on any atom is 0.340 e. The average Bonchev–Trinajstić information content (AvgIpc) is 2.96. The van der Waals surface area contributed by atoms with Crippen LogP contribution in [0.25, 0.3) is 22.1 Å². The van der Waals surface area contributed by atoms with Crippen molar-refractivity contribution in [3.63, 3.8) is 0 Å². The number of aromatic nitrogens is 8. The number of esters is 1. The summed E-state index contributed by atoms with van der Waals surface area (Å²) in [4.78, 5) is 89.8. The fraction of sp³-hybridized carbons (Fsp3) is 0.241. The van der Waals surface area contributed by atoms with Gasteiger partial charge in [0.15, 0.2) is 5.60 Å². The Labute approximate surface area is 461 Å². The Kier molecular flexibility index (Phi) is 13.8. The number of phenols is 2. The molecule has 2 aliphatic rings. The Hall–Kier alpha value is -10.3. The molecule has 4 aromatic heterocycles. The summed E-state index contributed by atoms with van der Waals surface area (Å²) in [5.41, 5.74) is 10.8. The monoisotopic (exact) mass is 1090 g/mol. The number of hydrogen-bond acceptors (Lipinski definition) is 14. The number of aromatic hydroxyl groups is 2. The zero-order valence-electron chi connectivity index (χ0n) is 44.5. The molecule has 23 nitrogen and oxygen atoms in total. The molecule has 11 rings (SSSR count). The summed E-state index contributed by atoms with van der Waals surface area (Å²) in [7, 11) is 0. The van der Waals surface area contributed by atoms with Gasteiger partial charge in [0.25, 0.3) is 23.6 Å². The number of nitrogens with one attached hydrogen (secondary N) is 4. The molecule has 8 N–H and O–H groups in total. The van der Waals surface area contributed by atoms with Gasteiger partial charge >= 0.3 is 5.97 Å². The van der Waals surface area contributed by atoms with Gasteiger partial charge in [0.1, 0.15) is 34.4 Å². The largest absolute Gasteiger partial charge is 0.508 e. The molecule has 0 fully saturated rings. The van der Waals surface area contributed by atoms with Crippen molar-refractivity contribution in [3.8, 4) is 23.0 Å². The maximum absolute atomic E-state index is 13.8. The normalized spacial score (nSPS) is 12.9. The summed E-state index contributed by atoms with van der Waals surface area (Å²) in [5, 5.41) is 41.0. The fourth-order valence-electron chi connectivity index (χ4n) is 10.6. The highest BCUT2D eigenvalue weighted by atomic mass is 16.6. The molecule has 0 unspecified atom stereocenters. The Morgan fingerprint density at radius 3 is 1.56 bits per heavy atom. The lowest BCUT2D eigenvalue weighted by molar-refractivity contribution is 0.0223. The topological polar surface area (TPSA) is 307 Å². The number of anilines is 2. The minimum absolute atomic E-state index is 0.0697. The highest BCUT2D eigenvalue weighted by Gasteiger charge is 2.54. The number of amides is 5. The highest BCUT2D eigenvalue weighted by Crippen LogP contribution is 2.57. The predicted molar refractivity (Wildman–Crippen MR) is 296 cm³/mol. The van der Waals surface area contributed by atoms with Crippen LogP contribution in [0.1, 0.15) is 124 Å². The van der Waals surface area contributed by atoms with E-state index in [9.17, 15) is 39.0 Å². The number of fused-ring (bicyclic) bond motifs is 8.